The molecule has 8 nitrogen and oxygen atoms in total. The zero-order valence-corrected chi connectivity index (χ0v) is 16.5. The molecule has 0 aromatic heterocycles. The number of ether oxygens (including phenoxy) is 2. The van der Waals surface area contributed by atoms with Gasteiger partial charge in [-0.15, -0.1) is 0 Å². The summed E-state index contributed by atoms with van der Waals surface area (Å²) in [6, 6.07) is 2.23. The summed E-state index contributed by atoms with van der Waals surface area (Å²) < 4.78 is 36.8. The van der Waals surface area contributed by atoms with Crippen molar-refractivity contribution in [1.29, 1.82) is 0 Å². The van der Waals surface area contributed by atoms with E-state index in [4.69, 9.17) is 32.7 Å². The number of sulfonamides is 1. The van der Waals surface area contributed by atoms with E-state index < -0.39 is 28.5 Å². The summed E-state index contributed by atoms with van der Waals surface area (Å²) in [5.74, 6) is -1.34. The highest BCUT2D eigenvalue weighted by Crippen LogP contribution is 2.31. The normalized spacial score (nSPS) is 15.5. The van der Waals surface area contributed by atoms with Gasteiger partial charge in [0, 0.05) is 27.2 Å². The van der Waals surface area contributed by atoms with Crippen LogP contribution in [0, 0.1) is 0 Å². The van der Waals surface area contributed by atoms with E-state index in [-0.39, 0.29) is 46.8 Å². The highest BCUT2D eigenvalue weighted by Gasteiger charge is 2.30. The summed E-state index contributed by atoms with van der Waals surface area (Å²) in [6.45, 7) is 0.408. The molecule has 0 bridgehead atoms. The van der Waals surface area contributed by atoms with Gasteiger partial charge in [-0.25, -0.2) is 13.2 Å². The summed E-state index contributed by atoms with van der Waals surface area (Å²) in [4.78, 5) is 24.7. The Hall–Kier alpha value is -1.39. The summed E-state index contributed by atoms with van der Waals surface area (Å²) in [7, 11) is -0.906. The minimum atomic E-state index is -3.93. The minimum Gasteiger partial charge on any atom is -0.452 e. The van der Waals surface area contributed by atoms with Crippen LogP contribution in [0.25, 0.3) is 0 Å². The maximum atomic E-state index is 12.8. The number of carbonyl (C=O) groups excluding carboxylic acids is 2. The number of carbonyl (C=O) groups is 2. The van der Waals surface area contributed by atoms with Crippen LogP contribution in [0.2, 0.25) is 10.0 Å². The van der Waals surface area contributed by atoms with Gasteiger partial charge in [0.2, 0.25) is 10.0 Å². The molecular weight excluding hydrogens is 407 g/mol. The Labute approximate surface area is 161 Å². The molecule has 1 aliphatic heterocycles. The van der Waals surface area contributed by atoms with E-state index in [1.54, 1.807) is 0 Å². The van der Waals surface area contributed by atoms with Gasteiger partial charge in [-0.05, 0) is 12.1 Å². The van der Waals surface area contributed by atoms with Gasteiger partial charge < -0.3 is 14.4 Å². The van der Waals surface area contributed by atoms with Crippen molar-refractivity contribution in [2.24, 2.45) is 0 Å². The first-order valence-corrected chi connectivity index (χ1v) is 9.78. The molecule has 1 aromatic carbocycles. The third-order valence-corrected chi connectivity index (χ3v) is 6.33. The van der Waals surface area contributed by atoms with E-state index in [1.165, 1.54) is 29.4 Å². The van der Waals surface area contributed by atoms with Crippen LogP contribution in [0.4, 0.5) is 0 Å². The molecule has 1 heterocycles. The van der Waals surface area contributed by atoms with Crippen LogP contribution in [-0.2, 0) is 24.3 Å². The third kappa shape index (κ3) is 4.66. The van der Waals surface area contributed by atoms with Crippen molar-refractivity contribution in [3.63, 3.8) is 0 Å². The van der Waals surface area contributed by atoms with Crippen LogP contribution in [0.3, 0.4) is 0 Å². The molecule has 1 amide bonds. The Bertz CT molecular complexity index is 807. The predicted octanol–water partition coefficient (Wildman–Crippen LogP) is 1.26. The summed E-state index contributed by atoms with van der Waals surface area (Å²) in [5, 5.41) is -0.180. The Morgan fingerprint density at radius 3 is 2.38 bits per heavy atom. The molecule has 1 saturated heterocycles. The van der Waals surface area contributed by atoms with E-state index in [0.717, 1.165) is 6.07 Å². The first-order valence-electron chi connectivity index (χ1n) is 7.59. The van der Waals surface area contributed by atoms with E-state index in [9.17, 15) is 18.0 Å². The number of esters is 1. The van der Waals surface area contributed by atoms with Crippen molar-refractivity contribution in [3.8, 4) is 0 Å². The third-order valence-electron chi connectivity index (χ3n) is 3.65. The van der Waals surface area contributed by atoms with E-state index in [2.05, 4.69) is 0 Å². The fourth-order valence-corrected chi connectivity index (χ4v) is 4.38. The lowest BCUT2D eigenvalue weighted by Crippen LogP contribution is -2.40. The van der Waals surface area contributed by atoms with Crippen molar-refractivity contribution in [1.82, 2.24) is 9.21 Å². The van der Waals surface area contributed by atoms with Gasteiger partial charge in [0.25, 0.3) is 5.91 Å². The van der Waals surface area contributed by atoms with Crippen LogP contribution >= 0.6 is 23.2 Å². The monoisotopic (exact) mass is 424 g/mol. The molecule has 0 aliphatic carbocycles. The van der Waals surface area contributed by atoms with Crippen molar-refractivity contribution < 1.29 is 27.5 Å². The first-order chi connectivity index (χ1) is 12.1. The smallest absolute Gasteiger partial charge is 0.340 e. The lowest BCUT2D eigenvalue weighted by molar-refractivity contribution is -0.131. The van der Waals surface area contributed by atoms with E-state index in [1.807, 2.05) is 0 Å². The molecule has 0 saturated carbocycles. The molecule has 0 unspecified atom stereocenters. The quantitative estimate of drug-likeness (QED) is 0.660. The number of nitrogens with zero attached hydrogens (tertiary/aromatic N) is 2. The number of amides is 1. The predicted molar refractivity (Wildman–Crippen MR) is 95.0 cm³/mol. The van der Waals surface area contributed by atoms with E-state index in [0.29, 0.717) is 0 Å². The van der Waals surface area contributed by atoms with Crippen molar-refractivity contribution >= 4 is 45.1 Å². The highest BCUT2D eigenvalue weighted by atomic mass is 35.5. The largest absolute Gasteiger partial charge is 0.452 e. The summed E-state index contributed by atoms with van der Waals surface area (Å²) >= 11 is 12.0. The standard InChI is InChI=1S/C15H18Cl2N2O6S/c1-18(2)14(20)9-25-15(21)10-7-13(12(17)8-11(10)16)26(22,23)19-3-5-24-6-4-19/h7-8H,3-6,9H2,1-2H3. The Morgan fingerprint density at radius 1 is 1.19 bits per heavy atom. The Balaban J connectivity index is 2.31. The summed E-state index contributed by atoms with van der Waals surface area (Å²) in [5.41, 5.74) is -0.186. The van der Waals surface area contributed by atoms with Crippen molar-refractivity contribution in [3.05, 3.63) is 27.7 Å². The fraction of sp³-hybridized carbons (Fsp3) is 0.467. The molecule has 144 valence electrons. The molecule has 1 fully saturated rings. The van der Waals surface area contributed by atoms with Gasteiger partial charge in [0.05, 0.1) is 28.8 Å². The molecule has 1 aromatic rings. The minimum absolute atomic E-state index is 0.0711. The lowest BCUT2D eigenvalue weighted by atomic mass is 10.2. The van der Waals surface area contributed by atoms with Gasteiger partial charge in [-0.3, -0.25) is 4.79 Å². The maximum Gasteiger partial charge on any atom is 0.340 e. The molecule has 0 atom stereocenters. The second-order valence-electron chi connectivity index (χ2n) is 5.64. The Morgan fingerprint density at radius 2 is 1.81 bits per heavy atom. The number of rotatable bonds is 5. The Kier molecular flexibility index (Phi) is 6.86. The molecule has 11 heteroatoms. The number of likely N-dealkylation sites (N-methyl/N-ethyl adjacent to an activating group) is 1. The van der Waals surface area contributed by atoms with Crippen LogP contribution in [-0.4, -0.2) is 76.5 Å². The topological polar surface area (TPSA) is 93.2 Å². The van der Waals surface area contributed by atoms with Gasteiger partial charge >= 0.3 is 5.97 Å². The van der Waals surface area contributed by atoms with Gasteiger partial charge in [-0.1, -0.05) is 23.2 Å². The number of hydrogen-bond donors (Lipinski definition) is 0. The SMILES string of the molecule is CN(C)C(=O)COC(=O)c1cc(S(=O)(=O)N2CCOCC2)c(Cl)cc1Cl. The maximum absolute atomic E-state index is 12.8. The molecular formula is C15H18Cl2N2O6S. The van der Waals surface area contributed by atoms with Crippen LogP contribution < -0.4 is 0 Å². The van der Waals surface area contributed by atoms with Crippen LogP contribution in [0.15, 0.2) is 17.0 Å². The van der Waals surface area contributed by atoms with Crippen molar-refractivity contribution in [2.75, 3.05) is 47.0 Å². The van der Waals surface area contributed by atoms with E-state index >= 15 is 0 Å². The molecule has 0 N–H and O–H groups in total. The van der Waals surface area contributed by atoms with Gasteiger partial charge in [-0.2, -0.15) is 4.31 Å². The number of benzene rings is 1. The van der Waals surface area contributed by atoms with Gasteiger partial charge in [0.15, 0.2) is 6.61 Å². The second-order valence-corrected chi connectivity index (χ2v) is 8.36. The molecule has 2 rings (SSSR count). The fourth-order valence-electron chi connectivity index (χ4n) is 2.14. The zero-order chi connectivity index (χ0) is 19.5. The van der Waals surface area contributed by atoms with Crippen LogP contribution in [0.5, 0.6) is 0 Å². The average Bonchev–Trinajstić information content (AvgIpc) is 2.59. The molecule has 0 spiro atoms. The van der Waals surface area contributed by atoms with Crippen LogP contribution in [0.1, 0.15) is 10.4 Å². The van der Waals surface area contributed by atoms with Gasteiger partial charge in [0.1, 0.15) is 4.90 Å². The number of halogens is 2. The first kappa shape index (κ1) is 20.9. The summed E-state index contributed by atoms with van der Waals surface area (Å²) in [6.07, 6.45) is 0. The molecule has 1 aliphatic rings. The lowest BCUT2D eigenvalue weighted by Gasteiger charge is -2.26. The number of morpholine rings is 1. The average molecular weight is 425 g/mol. The molecule has 0 radical (unpaired) electrons. The highest BCUT2D eigenvalue weighted by molar-refractivity contribution is 7.89. The van der Waals surface area contributed by atoms with Crippen molar-refractivity contribution in [2.45, 2.75) is 4.90 Å². The number of hydrogen-bond acceptors (Lipinski definition) is 6. The second kappa shape index (κ2) is 8.53. The molecule has 26 heavy (non-hydrogen) atoms. The zero-order valence-electron chi connectivity index (χ0n) is 14.2.